The maximum absolute atomic E-state index is 12.8. The maximum Gasteiger partial charge on any atom is 0.411 e. The molecule has 0 saturated heterocycles. The minimum Gasteiger partial charge on any atom is -0.431 e. The van der Waals surface area contributed by atoms with E-state index in [1.807, 2.05) is 0 Å². The van der Waals surface area contributed by atoms with Gasteiger partial charge in [0.15, 0.2) is 5.76 Å². The first-order valence-corrected chi connectivity index (χ1v) is 6.92. The molecule has 0 aliphatic heterocycles. The van der Waals surface area contributed by atoms with Crippen molar-refractivity contribution in [3.63, 3.8) is 0 Å². The fraction of sp³-hybridized carbons (Fsp3) is 0.308. The van der Waals surface area contributed by atoms with Gasteiger partial charge in [0, 0.05) is 11.3 Å². The lowest BCUT2D eigenvalue weighted by Crippen LogP contribution is -2.17. The first-order chi connectivity index (χ1) is 9.94. The third kappa shape index (κ3) is 5.39. The van der Waals surface area contributed by atoms with E-state index >= 15 is 0 Å². The molecule has 21 heavy (non-hydrogen) atoms. The summed E-state index contributed by atoms with van der Waals surface area (Å²) in [6.07, 6.45) is -2.84. The highest BCUT2D eigenvalue weighted by atomic mass is 32.2. The highest BCUT2D eigenvalue weighted by Gasteiger charge is 2.27. The van der Waals surface area contributed by atoms with Crippen LogP contribution in [0.1, 0.15) is 0 Å². The summed E-state index contributed by atoms with van der Waals surface area (Å²) in [5, 5.41) is 0.324. The summed E-state index contributed by atoms with van der Waals surface area (Å²) < 4.78 is 58.2. The zero-order valence-corrected chi connectivity index (χ0v) is 11.5. The van der Waals surface area contributed by atoms with Gasteiger partial charge in [0.1, 0.15) is 12.4 Å². The van der Waals surface area contributed by atoms with Crippen LogP contribution in [0.5, 0.6) is 0 Å². The van der Waals surface area contributed by atoms with E-state index in [0.717, 1.165) is 11.8 Å². The van der Waals surface area contributed by atoms with Gasteiger partial charge in [0.25, 0.3) is 5.22 Å². The number of rotatable bonds is 6. The molecule has 0 radical (unpaired) electrons. The average molecular weight is 321 g/mol. The molecule has 0 saturated carbocycles. The second-order valence-corrected chi connectivity index (χ2v) is 5.06. The van der Waals surface area contributed by atoms with Crippen molar-refractivity contribution in [3.8, 4) is 11.3 Å². The Morgan fingerprint density at radius 1 is 1.19 bits per heavy atom. The van der Waals surface area contributed by atoms with Crippen LogP contribution in [-0.4, -0.2) is 30.1 Å². The molecule has 2 aromatic rings. The van der Waals surface area contributed by atoms with Crippen molar-refractivity contribution in [1.29, 1.82) is 0 Å². The average Bonchev–Trinajstić information content (AvgIpc) is 2.87. The highest BCUT2D eigenvalue weighted by molar-refractivity contribution is 7.99. The van der Waals surface area contributed by atoms with Crippen molar-refractivity contribution < 1.29 is 26.7 Å². The zero-order valence-electron chi connectivity index (χ0n) is 10.7. The molecule has 0 unspecified atom stereocenters. The first-order valence-electron chi connectivity index (χ1n) is 5.93. The van der Waals surface area contributed by atoms with Gasteiger partial charge >= 0.3 is 6.18 Å². The van der Waals surface area contributed by atoms with E-state index in [2.05, 4.69) is 9.72 Å². The van der Waals surface area contributed by atoms with Crippen molar-refractivity contribution in [2.45, 2.75) is 11.4 Å². The number of hydrogen-bond acceptors (Lipinski definition) is 4. The van der Waals surface area contributed by atoms with Crippen molar-refractivity contribution in [3.05, 3.63) is 36.3 Å². The van der Waals surface area contributed by atoms with Crippen LogP contribution in [-0.2, 0) is 4.74 Å². The van der Waals surface area contributed by atoms with Gasteiger partial charge in [-0.3, -0.25) is 0 Å². The first kappa shape index (κ1) is 15.8. The van der Waals surface area contributed by atoms with Crippen LogP contribution in [0.2, 0.25) is 0 Å². The van der Waals surface area contributed by atoms with Crippen molar-refractivity contribution in [1.82, 2.24) is 4.98 Å². The molecule has 0 aliphatic rings. The monoisotopic (exact) mass is 321 g/mol. The smallest absolute Gasteiger partial charge is 0.411 e. The number of thioether (sulfide) groups is 1. The van der Waals surface area contributed by atoms with Gasteiger partial charge in [0.05, 0.1) is 12.8 Å². The van der Waals surface area contributed by atoms with Gasteiger partial charge < -0.3 is 9.15 Å². The van der Waals surface area contributed by atoms with Gasteiger partial charge in [-0.25, -0.2) is 9.37 Å². The number of oxazole rings is 1. The van der Waals surface area contributed by atoms with Gasteiger partial charge in [-0.1, -0.05) is 11.8 Å². The van der Waals surface area contributed by atoms with E-state index in [0.29, 0.717) is 22.3 Å². The Balaban J connectivity index is 1.79. The minimum absolute atomic E-state index is 0.0571. The topological polar surface area (TPSA) is 35.3 Å². The molecule has 0 spiro atoms. The Morgan fingerprint density at radius 3 is 2.57 bits per heavy atom. The summed E-state index contributed by atoms with van der Waals surface area (Å²) in [6, 6.07) is 5.71. The number of alkyl halides is 3. The van der Waals surface area contributed by atoms with E-state index in [1.54, 1.807) is 12.1 Å². The fourth-order valence-electron chi connectivity index (χ4n) is 1.45. The molecular weight excluding hydrogens is 310 g/mol. The third-order valence-electron chi connectivity index (χ3n) is 2.33. The molecule has 0 fully saturated rings. The summed E-state index contributed by atoms with van der Waals surface area (Å²) in [6.45, 7) is -1.32. The van der Waals surface area contributed by atoms with Crippen LogP contribution in [0.4, 0.5) is 17.6 Å². The van der Waals surface area contributed by atoms with E-state index in [-0.39, 0.29) is 12.4 Å². The normalized spacial score (nSPS) is 11.8. The van der Waals surface area contributed by atoms with E-state index in [9.17, 15) is 17.6 Å². The van der Waals surface area contributed by atoms with Crippen molar-refractivity contribution in [2.75, 3.05) is 19.0 Å². The molecule has 1 aromatic carbocycles. The van der Waals surface area contributed by atoms with Crippen LogP contribution in [0, 0.1) is 5.82 Å². The lowest BCUT2D eigenvalue weighted by molar-refractivity contribution is -0.172. The highest BCUT2D eigenvalue weighted by Crippen LogP contribution is 2.25. The van der Waals surface area contributed by atoms with Crippen molar-refractivity contribution in [2.24, 2.45) is 0 Å². The van der Waals surface area contributed by atoms with E-state index in [1.165, 1.54) is 18.3 Å². The van der Waals surface area contributed by atoms with E-state index < -0.39 is 12.8 Å². The number of hydrogen-bond donors (Lipinski definition) is 0. The summed E-state index contributed by atoms with van der Waals surface area (Å²) >= 11 is 1.15. The molecule has 3 nitrogen and oxygen atoms in total. The maximum atomic E-state index is 12.8. The number of aromatic nitrogens is 1. The van der Waals surface area contributed by atoms with Crippen LogP contribution >= 0.6 is 11.8 Å². The number of benzene rings is 1. The molecule has 114 valence electrons. The summed E-state index contributed by atoms with van der Waals surface area (Å²) in [5.74, 6) is 0.405. The molecule has 0 atom stereocenters. The SMILES string of the molecule is Fc1ccc(-c2cnc(SCCOCC(F)(F)F)o2)cc1. The standard InChI is InChI=1S/C13H11F4NO2S/c14-10-3-1-9(2-4-10)11-7-18-12(20-11)21-6-5-19-8-13(15,16)17/h1-4,7H,5-6,8H2. The second-order valence-electron chi connectivity index (χ2n) is 4.01. The zero-order chi connectivity index (χ0) is 15.3. The number of ether oxygens (including phenoxy) is 1. The molecule has 0 bridgehead atoms. The molecule has 1 aromatic heterocycles. The van der Waals surface area contributed by atoms with Gasteiger partial charge in [-0.2, -0.15) is 13.2 Å². The molecule has 0 N–H and O–H groups in total. The summed E-state index contributed by atoms with van der Waals surface area (Å²) in [5.41, 5.74) is 0.670. The fourth-order valence-corrected chi connectivity index (χ4v) is 2.10. The van der Waals surface area contributed by atoms with Crippen LogP contribution in [0.25, 0.3) is 11.3 Å². The largest absolute Gasteiger partial charge is 0.431 e. The van der Waals surface area contributed by atoms with Gasteiger partial charge in [-0.05, 0) is 24.3 Å². The Labute approximate surface area is 122 Å². The minimum atomic E-state index is -4.32. The second kappa shape index (κ2) is 6.95. The van der Waals surface area contributed by atoms with Gasteiger partial charge in [-0.15, -0.1) is 0 Å². The van der Waals surface area contributed by atoms with Crippen LogP contribution < -0.4 is 0 Å². The summed E-state index contributed by atoms with van der Waals surface area (Å²) in [7, 11) is 0. The molecule has 2 rings (SSSR count). The Kier molecular flexibility index (Phi) is 5.24. The lowest BCUT2D eigenvalue weighted by Gasteiger charge is -2.06. The molecule has 0 aliphatic carbocycles. The Hall–Kier alpha value is -1.54. The van der Waals surface area contributed by atoms with Crippen LogP contribution in [0.3, 0.4) is 0 Å². The van der Waals surface area contributed by atoms with Crippen LogP contribution in [0.15, 0.2) is 40.1 Å². The number of halogens is 4. The predicted molar refractivity (Wildman–Crippen MR) is 69.5 cm³/mol. The van der Waals surface area contributed by atoms with Crippen molar-refractivity contribution >= 4 is 11.8 Å². The lowest BCUT2D eigenvalue weighted by atomic mass is 10.2. The summed E-state index contributed by atoms with van der Waals surface area (Å²) in [4.78, 5) is 3.99. The predicted octanol–water partition coefficient (Wildman–Crippen LogP) is 4.15. The molecule has 8 heteroatoms. The van der Waals surface area contributed by atoms with E-state index in [4.69, 9.17) is 4.42 Å². The van der Waals surface area contributed by atoms with Gasteiger partial charge in [0.2, 0.25) is 0 Å². The molecular formula is C13H11F4NO2S. The number of nitrogens with zero attached hydrogens (tertiary/aromatic N) is 1. The Morgan fingerprint density at radius 2 is 1.90 bits per heavy atom. The third-order valence-corrected chi connectivity index (χ3v) is 3.14. The molecule has 0 amide bonds. The Bertz CT molecular complexity index is 568. The molecule has 1 heterocycles. The quantitative estimate of drug-likeness (QED) is 0.455.